The second-order valence-electron chi connectivity index (χ2n) is 10.1. The number of amides is 2. The molecule has 39 heavy (non-hydrogen) atoms. The molecule has 0 aliphatic rings. The fraction of sp³-hybridized carbons (Fsp3) is 0.312. The van der Waals surface area contributed by atoms with Crippen molar-refractivity contribution in [1.82, 2.24) is 14.8 Å². The average Bonchev–Trinajstić information content (AvgIpc) is 3.37. The van der Waals surface area contributed by atoms with Crippen molar-refractivity contribution < 1.29 is 19.1 Å². The molecule has 0 aliphatic carbocycles. The highest BCUT2D eigenvalue weighted by Gasteiger charge is 2.26. The Kier molecular flexibility index (Phi) is 9.26. The van der Waals surface area contributed by atoms with Crippen molar-refractivity contribution in [2.45, 2.75) is 26.8 Å². The lowest BCUT2D eigenvalue weighted by Gasteiger charge is -2.29. The maximum absolute atomic E-state index is 13.8. The molecule has 4 rings (SSSR count). The number of aromatic amines is 1. The van der Waals surface area contributed by atoms with Crippen LogP contribution in [0.1, 0.15) is 35.3 Å². The molecule has 1 aromatic heterocycles. The van der Waals surface area contributed by atoms with E-state index in [-0.39, 0.29) is 24.3 Å². The number of carbonyl (C=O) groups is 2. The van der Waals surface area contributed by atoms with Gasteiger partial charge in [-0.1, -0.05) is 62.4 Å². The first-order valence-electron chi connectivity index (χ1n) is 13.3. The first-order valence-corrected chi connectivity index (χ1v) is 13.3. The number of nitrogens with zero attached hydrogens (tertiary/aromatic N) is 2. The number of aromatic nitrogens is 1. The highest BCUT2D eigenvalue weighted by atomic mass is 16.5. The van der Waals surface area contributed by atoms with E-state index >= 15 is 0 Å². The molecule has 0 radical (unpaired) electrons. The lowest BCUT2D eigenvalue weighted by Crippen LogP contribution is -2.44. The van der Waals surface area contributed by atoms with E-state index in [0.29, 0.717) is 43.1 Å². The normalized spacial score (nSPS) is 11.0. The summed E-state index contributed by atoms with van der Waals surface area (Å²) in [5, 5.41) is 1.16. The Morgan fingerprint density at radius 1 is 0.897 bits per heavy atom. The summed E-state index contributed by atoms with van der Waals surface area (Å²) in [6.07, 6.45) is 2.72. The van der Waals surface area contributed by atoms with Crippen molar-refractivity contribution in [1.29, 1.82) is 0 Å². The van der Waals surface area contributed by atoms with Crippen LogP contribution in [0.5, 0.6) is 11.5 Å². The Labute approximate surface area is 230 Å². The highest BCUT2D eigenvalue weighted by molar-refractivity contribution is 5.99. The van der Waals surface area contributed by atoms with Crippen molar-refractivity contribution >= 4 is 22.7 Å². The predicted octanol–water partition coefficient (Wildman–Crippen LogP) is 5.55. The van der Waals surface area contributed by atoms with Gasteiger partial charge in [-0.25, -0.2) is 0 Å². The number of ether oxygens (including phenoxy) is 2. The van der Waals surface area contributed by atoms with E-state index < -0.39 is 0 Å². The number of benzene rings is 3. The first-order chi connectivity index (χ1) is 18.9. The topological polar surface area (TPSA) is 74.9 Å². The summed E-state index contributed by atoms with van der Waals surface area (Å²) in [6.45, 7) is 5.50. The summed E-state index contributed by atoms with van der Waals surface area (Å²) in [5.74, 6) is 0.857. The molecule has 7 nitrogen and oxygen atoms in total. The average molecular weight is 528 g/mol. The van der Waals surface area contributed by atoms with Crippen molar-refractivity contribution in [3.05, 3.63) is 95.7 Å². The van der Waals surface area contributed by atoms with Crippen LogP contribution in [0.4, 0.5) is 0 Å². The highest BCUT2D eigenvalue weighted by Crippen LogP contribution is 2.26. The number of hydrogen-bond donors (Lipinski definition) is 1. The lowest BCUT2D eigenvalue weighted by atomic mass is 10.1. The van der Waals surface area contributed by atoms with Gasteiger partial charge in [-0.2, -0.15) is 0 Å². The maximum atomic E-state index is 13.8. The van der Waals surface area contributed by atoms with Gasteiger partial charge in [0, 0.05) is 42.8 Å². The van der Waals surface area contributed by atoms with Crippen LogP contribution in [-0.4, -0.2) is 60.5 Å². The van der Waals surface area contributed by atoms with E-state index in [1.807, 2.05) is 67.4 Å². The molecule has 0 atom stereocenters. The molecule has 0 fully saturated rings. The second-order valence-corrected chi connectivity index (χ2v) is 10.1. The minimum Gasteiger partial charge on any atom is -0.497 e. The van der Waals surface area contributed by atoms with E-state index in [0.717, 1.165) is 22.0 Å². The molecular weight excluding hydrogens is 490 g/mol. The van der Waals surface area contributed by atoms with Crippen molar-refractivity contribution in [2.75, 3.05) is 33.9 Å². The minimum atomic E-state index is -0.243. The largest absolute Gasteiger partial charge is 0.497 e. The van der Waals surface area contributed by atoms with E-state index in [1.54, 1.807) is 30.2 Å². The Bertz CT molecular complexity index is 1400. The quantitative estimate of drug-likeness (QED) is 0.262. The van der Waals surface area contributed by atoms with Gasteiger partial charge in [0.15, 0.2) is 0 Å². The van der Waals surface area contributed by atoms with Crippen molar-refractivity contribution in [3.8, 4) is 11.5 Å². The zero-order valence-electron chi connectivity index (χ0n) is 23.1. The third kappa shape index (κ3) is 6.99. The number of H-pyrrole nitrogens is 1. The number of carbonyl (C=O) groups excluding carboxylic acids is 2. The van der Waals surface area contributed by atoms with Gasteiger partial charge in [0.05, 0.1) is 19.8 Å². The standard InChI is InChI=1S/C32H37N3O4/c1-23(2)20-35(32(37)28-15-14-26(38-3)18-30(28)39-4)22-31(36)34(21-24-10-6-5-7-11-24)17-16-25-19-33-29-13-9-8-12-27(25)29/h5-15,18-19,23,33H,16-17,20-22H2,1-4H3. The van der Waals surface area contributed by atoms with E-state index in [2.05, 4.69) is 17.1 Å². The summed E-state index contributed by atoms with van der Waals surface area (Å²) in [7, 11) is 3.09. The Morgan fingerprint density at radius 2 is 1.64 bits per heavy atom. The monoisotopic (exact) mass is 527 g/mol. The molecule has 1 heterocycles. The molecule has 0 saturated carbocycles. The molecule has 7 heteroatoms. The van der Waals surface area contributed by atoms with Crippen LogP contribution in [0.2, 0.25) is 0 Å². The van der Waals surface area contributed by atoms with E-state index in [9.17, 15) is 9.59 Å². The third-order valence-corrected chi connectivity index (χ3v) is 6.73. The molecule has 2 amide bonds. The molecule has 3 aromatic carbocycles. The number of hydrogen-bond acceptors (Lipinski definition) is 4. The van der Waals surface area contributed by atoms with Gasteiger partial charge in [0.1, 0.15) is 18.0 Å². The molecule has 1 N–H and O–H groups in total. The van der Waals surface area contributed by atoms with Gasteiger partial charge in [0.25, 0.3) is 5.91 Å². The molecule has 204 valence electrons. The molecular formula is C32H37N3O4. The predicted molar refractivity (Wildman–Crippen MR) is 154 cm³/mol. The smallest absolute Gasteiger partial charge is 0.258 e. The van der Waals surface area contributed by atoms with Crippen LogP contribution >= 0.6 is 0 Å². The summed E-state index contributed by atoms with van der Waals surface area (Å²) in [5.41, 5.74) is 3.69. The summed E-state index contributed by atoms with van der Waals surface area (Å²) in [6, 6.07) is 23.2. The Balaban J connectivity index is 1.57. The molecule has 4 aromatic rings. The van der Waals surface area contributed by atoms with E-state index in [4.69, 9.17) is 9.47 Å². The minimum absolute atomic E-state index is 0.0209. The third-order valence-electron chi connectivity index (χ3n) is 6.73. The SMILES string of the molecule is COc1ccc(C(=O)N(CC(=O)N(CCc2c[nH]c3ccccc23)Cc2ccccc2)CC(C)C)c(OC)c1. The number of nitrogens with one attached hydrogen (secondary N) is 1. The molecule has 0 spiro atoms. The van der Waals surface area contributed by atoms with Crippen LogP contribution in [0.25, 0.3) is 10.9 Å². The van der Waals surface area contributed by atoms with E-state index in [1.165, 1.54) is 7.11 Å². The molecule has 0 bridgehead atoms. The molecule has 0 unspecified atom stereocenters. The zero-order valence-corrected chi connectivity index (χ0v) is 23.1. The molecule has 0 aliphatic heterocycles. The second kappa shape index (κ2) is 13.0. The summed E-state index contributed by atoms with van der Waals surface area (Å²) < 4.78 is 10.8. The zero-order chi connectivity index (χ0) is 27.8. The molecule has 0 saturated heterocycles. The number of fused-ring (bicyclic) bond motifs is 1. The number of para-hydroxylation sites is 1. The van der Waals surface area contributed by atoms with Gasteiger partial charge >= 0.3 is 0 Å². The van der Waals surface area contributed by atoms with Gasteiger partial charge in [-0.05, 0) is 41.7 Å². The summed E-state index contributed by atoms with van der Waals surface area (Å²) >= 11 is 0. The van der Waals surface area contributed by atoms with Crippen LogP contribution < -0.4 is 9.47 Å². The van der Waals surface area contributed by atoms with Gasteiger partial charge in [-0.3, -0.25) is 9.59 Å². The summed E-state index contributed by atoms with van der Waals surface area (Å²) in [4.78, 5) is 34.3. The maximum Gasteiger partial charge on any atom is 0.258 e. The first kappa shape index (κ1) is 27.8. The van der Waals surface area contributed by atoms with Gasteiger partial charge < -0.3 is 24.3 Å². The fourth-order valence-electron chi connectivity index (χ4n) is 4.76. The fourth-order valence-corrected chi connectivity index (χ4v) is 4.76. The number of methoxy groups -OCH3 is 2. The number of rotatable bonds is 12. The Hall–Kier alpha value is -4.26. The van der Waals surface area contributed by atoms with Gasteiger partial charge in [-0.15, -0.1) is 0 Å². The van der Waals surface area contributed by atoms with Crippen LogP contribution in [0, 0.1) is 5.92 Å². The van der Waals surface area contributed by atoms with Crippen molar-refractivity contribution in [2.24, 2.45) is 5.92 Å². The van der Waals surface area contributed by atoms with Crippen LogP contribution in [0.15, 0.2) is 79.0 Å². The van der Waals surface area contributed by atoms with Crippen molar-refractivity contribution in [3.63, 3.8) is 0 Å². The lowest BCUT2D eigenvalue weighted by molar-refractivity contribution is -0.132. The van der Waals surface area contributed by atoms with Crippen LogP contribution in [0.3, 0.4) is 0 Å². The Morgan fingerprint density at radius 3 is 2.36 bits per heavy atom. The van der Waals surface area contributed by atoms with Crippen LogP contribution in [-0.2, 0) is 17.8 Å². The van der Waals surface area contributed by atoms with Gasteiger partial charge in [0.2, 0.25) is 5.91 Å².